The van der Waals surface area contributed by atoms with E-state index < -0.39 is 10.0 Å². The maximum absolute atomic E-state index is 13.0. The molecule has 1 fully saturated rings. The number of sulfonamides is 1. The minimum atomic E-state index is -3.62. The van der Waals surface area contributed by atoms with Crippen LogP contribution < -0.4 is 5.32 Å². The molecule has 1 aliphatic heterocycles. The number of hydrogen-bond donors (Lipinski definition) is 1. The monoisotopic (exact) mass is 479 g/mol. The van der Waals surface area contributed by atoms with Gasteiger partial charge >= 0.3 is 0 Å². The minimum Gasteiger partial charge on any atom is -0.326 e. The molecule has 156 valence electrons. The predicted octanol–water partition coefficient (Wildman–Crippen LogP) is 3.55. The summed E-state index contributed by atoms with van der Waals surface area (Å²) >= 11 is 3.32. The fraction of sp³-hybridized carbons (Fsp3) is 0.381. The van der Waals surface area contributed by atoms with Crippen molar-refractivity contribution in [2.75, 3.05) is 32.5 Å². The first-order valence-corrected chi connectivity index (χ1v) is 11.8. The number of carbonyl (C=O) groups is 1. The lowest BCUT2D eigenvalue weighted by Crippen LogP contribution is -2.43. The van der Waals surface area contributed by atoms with Gasteiger partial charge in [0.2, 0.25) is 15.9 Å². The number of rotatable bonds is 6. The first-order chi connectivity index (χ1) is 13.8. The first kappa shape index (κ1) is 22.0. The zero-order chi connectivity index (χ0) is 21.0. The Morgan fingerprint density at radius 2 is 1.86 bits per heavy atom. The van der Waals surface area contributed by atoms with Crippen LogP contribution in [0.15, 0.2) is 57.9 Å². The van der Waals surface area contributed by atoms with Crippen molar-refractivity contribution < 1.29 is 13.2 Å². The normalized spacial score (nSPS) is 18.0. The van der Waals surface area contributed by atoms with Gasteiger partial charge in [-0.3, -0.25) is 4.79 Å². The highest BCUT2D eigenvalue weighted by Gasteiger charge is 2.33. The molecule has 2 aromatic carbocycles. The van der Waals surface area contributed by atoms with E-state index in [4.69, 9.17) is 0 Å². The highest BCUT2D eigenvalue weighted by atomic mass is 79.9. The highest BCUT2D eigenvalue weighted by Crippen LogP contribution is 2.26. The molecule has 0 saturated carbocycles. The van der Waals surface area contributed by atoms with Crippen molar-refractivity contribution in [3.8, 4) is 0 Å². The maximum atomic E-state index is 13.0. The van der Waals surface area contributed by atoms with Gasteiger partial charge in [0.25, 0.3) is 0 Å². The lowest BCUT2D eigenvalue weighted by atomic mass is 9.98. The molecule has 1 unspecified atom stereocenters. The molecule has 2 aromatic rings. The number of hydrogen-bond acceptors (Lipinski definition) is 4. The third-order valence-corrected chi connectivity index (χ3v) is 7.38. The van der Waals surface area contributed by atoms with Crippen molar-refractivity contribution in [2.24, 2.45) is 5.92 Å². The number of benzene rings is 2. The molecule has 1 atom stereocenters. The van der Waals surface area contributed by atoms with Crippen molar-refractivity contribution in [1.82, 2.24) is 9.21 Å². The van der Waals surface area contributed by atoms with Crippen LogP contribution in [-0.2, 0) is 21.4 Å². The second-order valence-electron chi connectivity index (χ2n) is 7.54. The van der Waals surface area contributed by atoms with Crippen LogP contribution in [0.2, 0.25) is 0 Å². The predicted molar refractivity (Wildman–Crippen MR) is 118 cm³/mol. The van der Waals surface area contributed by atoms with Gasteiger partial charge in [-0.1, -0.05) is 34.1 Å². The van der Waals surface area contributed by atoms with Gasteiger partial charge in [0.15, 0.2) is 0 Å². The Morgan fingerprint density at radius 3 is 2.55 bits per heavy atom. The molecule has 3 rings (SSSR count). The average molecular weight is 480 g/mol. The quantitative estimate of drug-likeness (QED) is 0.687. The van der Waals surface area contributed by atoms with Gasteiger partial charge in [-0.2, -0.15) is 4.31 Å². The number of piperidine rings is 1. The molecule has 1 heterocycles. The van der Waals surface area contributed by atoms with Crippen LogP contribution in [0.5, 0.6) is 0 Å². The Labute approximate surface area is 181 Å². The first-order valence-electron chi connectivity index (χ1n) is 9.56. The topological polar surface area (TPSA) is 69.7 Å². The van der Waals surface area contributed by atoms with Crippen molar-refractivity contribution >= 4 is 37.5 Å². The Hall–Kier alpha value is -1.74. The standard InChI is InChI=1S/C21H26BrN3O3S/c1-24(2)14-16-6-3-4-8-20(16)23-21(26)17-7-5-13-25(15-17)29(27,28)19-11-9-18(22)10-12-19/h3-4,6,8-12,17H,5,7,13-15H2,1-2H3,(H,23,26). The molecule has 6 nitrogen and oxygen atoms in total. The lowest BCUT2D eigenvalue weighted by Gasteiger charge is -2.31. The molecule has 0 radical (unpaired) electrons. The number of halogens is 1. The lowest BCUT2D eigenvalue weighted by molar-refractivity contribution is -0.120. The average Bonchev–Trinajstić information content (AvgIpc) is 2.69. The molecular formula is C21H26BrN3O3S. The van der Waals surface area contributed by atoms with Gasteiger partial charge in [0, 0.05) is 29.8 Å². The fourth-order valence-electron chi connectivity index (χ4n) is 3.49. The molecule has 1 amide bonds. The molecule has 1 saturated heterocycles. The van der Waals surface area contributed by atoms with Crippen molar-refractivity contribution in [3.05, 3.63) is 58.6 Å². The summed E-state index contributed by atoms with van der Waals surface area (Å²) in [5.74, 6) is -0.506. The SMILES string of the molecule is CN(C)Cc1ccccc1NC(=O)C1CCCN(S(=O)(=O)c2ccc(Br)cc2)C1. The number of amides is 1. The summed E-state index contributed by atoms with van der Waals surface area (Å²) in [6.07, 6.45) is 1.33. The summed E-state index contributed by atoms with van der Waals surface area (Å²) in [4.78, 5) is 15.2. The Kier molecular flexibility index (Phi) is 7.10. The summed E-state index contributed by atoms with van der Waals surface area (Å²) < 4.78 is 28.2. The number of anilines is 1. The van der Waals surface area contributed by atoms with E-state index in [0.29, 0.717) is 25.9 Å². The van der Waals surface area contributed by atoms with E-state index in [1.54, 1.807) is 24.3 Å². The molecule has 0 aliphatic carbocycles. The zero-order valence-corrected chi connectivity index (χ0v) is 19.0. The summed E-state index contributed by atoms with van der Waals surface area (Å²) in [6.45, 7) is 1.34. The van der Waals surface area contributed by atoms with E-state index in [2.05, 4.69) is 21.2 Å². The molecule has 8 heteroatoms. The zero-order valence-electron chi connectivity index (χ0n) is 16.6. The van der Waals surface area contributed by atoms with Gasteiger partial charge in [-0.15, -0.1) is 0 Å². The summed E-state index contributed by atoms with van der Waals surface area (Å²) in [6, 6.07) is 14.3. The summed E-state index contributed by atoms with van der Waals surface area (Å²) in [5, 5.41) is 3.01. The van der Waals surface area contributed by atoms with Crippen LogP contribution in [0, 0.1) is 5.92 Å². The highest BCUT2D eigenvalue weighted by molar-refractivity contribution is 9.10. The van der Waals surface area contributed by atoms with Crippen molar-refractivity contribution in [1.29, 1.82) is 0 Å². The molecule has 29 heavy (non-hydrogen) atoms. The van der Waals surface area contributed by atoms with Crippen LogP contribution >= 0.6 is 15.9 Å². The van der Waals surface area contributed by atoms with Crippen LogP contribution in [0.1, 0.15) is 18.4 Å². The fourth-order valence-corrected chi connectivity index (χ4v) is 5.27. The van der Waals surface area contributed by atoms with Gasteiger partial charge in [-0.05, 0) is 62.8 Å². The van der Waals surface area contributed by atoms with Crippen LogP contribution in [0.3, 0.4) is 0 Å². The van der Waals surface area contributed by atoms with Gasteiger partial charge in [0.05, 0.1) is 10.8 Å². The van der Waals surface area contributed by atoms with E-state index in [1.807, 2.05) is 43.3 Å². The van der Waals surface area contributed by atoms with Gasteiger partial charge in [0.1, 0.15) is 0 Å². The molecule has 0 spiro atoms. The summed E-state index contributed by atoms with van der Waals surface area (Å²) in [5.41, 5.74) is 1.81. The third-order valence-electron chi connectivity index (χ3n) is 4.97. The maximum Gasteiger partial charge on any atom is 0.243 e. The van der Waals surface area contributed by atoms with E-state index in [9.17, 15) is 13.2 Å². The minimum absolute atomic E-state index is 0.132. The molecule has 1 aliphatic rings. The largest absolute Gasteiger partial charge is 0.326 e. The smallest absolute Gasteiger partial charge is 0.243 e. The van der Waals surface area contributed by atoms with Gasteiger partial charge < -0.3 is 10.2 Å². The van der Waals surface area contributed by atoms with E-state index in [1.165, 1.54) is 4.31 Å². The van der Waals surface area contributed by atoms with Crippen LogP contribution in [-0.4, -0.2) is 50.7 Å². The number of nitrogens with one attached hydrogen (secondary N) is 1. The second-order valence-corrected chi connectivity index (χ2v) is 10.4. The molecule has 1 N–H and O–H groups in total. The molecule has 0 aromatic heterocycles. The Balaban J connectivity index is 1.72. The van der Waals surface area contributed by atoms with Crippen molar-refractivity contribution in [3.63, 3.8) is 0 Å². The molecular weight excluding hydrogens is 454 g/mol. The van der Waals surface area contributed by atoms with E-state index in [-0.39, 0.29) is 23.3 Å². The third kappa shape index (κ3) is 5.45. The number of carbonyl (C=O) groups excluding carboxylic acids is 1. The number of para-hydroxylation sites is 1. The van der Waals surface area contributed by atoms with E-state index >= 15 is 0 Å². The van der Waals surface area contributed by atoms with E-state index in [0.717, 1.165) is 15.7 Å². The van der Waals surface area contributed by atoms with Crippen molar-refractivity contribution in [2.45, 2.75) is 24.3 Å². The van der Waals surface area contributed by atoms with Crippen LogP contribution in [0.25, 0.3) is 0 Å². The summed E-state index contributed by atoms with van der Waals surface area (Å²) in [7, 11) is 0.337. The van der Waals surface area contributed by atoms with Crippen LogP contribution in [0.4, 0.5) is 5.69 Å². The Morgan fingerprint density at radius 1 is 1.17 bits per heavy atom. The van der Waals surface area contributed by atoms with Gasteiger partial charge in [-0.25, -0.2) is 8.42 Å². The second kappa shape index (κ2) is 9.38. The number of nitrogens with zero attached hydrogens (tertiary/aromatic N) is 2. The molecule has 0 bridgehead atoms. The Bertz CT molecular complexity index is 961.